The van der Waals surface area contributed by atoms with Gasteiger partial charge in [0.25, 0.3) is 5.91 Å². The molecule has 4 aromatic rings. The first-order valence-corrected chi connectivity index (χ1v) is 13.2. The molecule has 1 aliphatic rings. The summed E-state index contributed by atoms with van der Waals surface area (Å²) >= 11 is 0. The van der Waals surface area contributed by atoms with Crippen LogP contribution < -0.4 is 4.90 Å². The van der Waals surface area contributed by atoms with Crippen molar-refractivity contribution >= 4 is 23.5 Å². The summed E-state index contributed by atoms with van der Waals surface area (Å²) in [7, 11) is 0. The topological polar surface area (TPSA) is 119 Å². The monoisotopic (exact) mass is 536 g/mol. The Morgan fingerprint density at radius 1 is 0.975 bits per heavy atom. The van der Waals surface area contributed by atoms with E-state index in [-0.39, 0.29) is 29.5 Å². The standard InChI is InChI=1S/C31H32N6O3/c1-22(32)40-30(33)24-9-5-11-27(19-24)36-18-15-29(34-36)37(31(39)25-10-6-12-28(38)20-25)26-13-16-35(17-14-26)21-23-7-3-2-4-8-23/h2-12,15,18-20,26,32-33,38H,13-14,16-17,21H2,1H3. The van der Waals surface area contributed by atoms with Crippen LogP contribution in [0.1, 0.15) is 41.3 Å². The van der Waals surface area contributed by atoms with Crippen LogP contribution in [0.25, 0.3) is 5.69 Å². The maximum absolute atomic E-state index is 13.8. The first-order chi connectivity index (χ1) is 19.4. The Balaban J connectivity index is 1.40. The number of anilines is 1. The normalized spacial score (nSPS) is 14.0. The van der Waals surface area contributed by atoms with Crippen molar-refractivity contribution in [3.05, 3.63) is 108 Å². The number of piperidine rings is 1. The smallest absolute Gasteiger partial charge is 0.259 e. The summed E-state index contributed by atoms with van der Waals surface area (Å²) in [5.74, 6) is 0.156. The van der Waals surface area contributed by atoms with Gasteiger partial charge in [-0.1, -0.05) is 42.5 Å². The van der Waals surface area contributed by atoms with Crippen LogP contribution in [0.5, 0.6) is 5.75 Å². The molecule has 3 aromatic carbocycles. The Morgan fingerprint density at radius 2 is 1.70 bits per heavy atom. The summed E-state index contributed by atoms with van der Waals surface area (Å²) in [6.07, 6.45) is 3.36. The third-order valence-electron chi connectivity index (χ3n) is 6.93. The van der Waals surface area contributed by atoms with Gasteiger partial charge in [0.2, 0.25) is 5.90 Å². The van der Waals surface area contributed by atoms with Gasteiger partial charge in [-0.15, -0.1) is 5.10 Å². The molecule has 2 heterocycles. The number of carbonyl (C=O) groups excluding carboxylic acids is 1. The number of carbonyl (C=O) groups is 1. The number of likely N-dealkylation sites (tertiary alicyclic amines) is 1. The second-order valence-corrected chi connectivity index (χ2v) is 9.87. The van der Waals surface area contributed by atoms with E-state index in [9.17, 15) is 9.90 Å². The average molecular weight is 537 g/mol. The lowest BCUT2D eigenvalue weighted by atomic mass is 10.0. The van der Waals surface area contributed by atoms with Gasteiger partial charge in [0.05, 0.1) is 5.69 Å². The molecule has 0 aliphatic carbocycles. The minimum atomic E-state index is -0.215. The SMILES string of the molecule is CC(=N)OC(=N)c1cccc(-n2ccc(N(C(=O)c3cccc(O)c3)C3CCN(Cc4ccccc4)CC3)n2)c1. The first-order valence-electron chi connectivity index (χ1n) is 13.2. The molecule has 204 valence electrons. The van der Waals surface area contributed by atoms with Crippen molar-refractivity contribution in [3.63, 3.8) is 0 Å². The average Bonchev–Trinajstić information content (AvgIpc) is 3.44. The van der Waals surface area contributed by atoms with E-state index in [1.54, 1.807) is 52.2 Å². The minimum absolute atomic E-state index is 0.0376. The highest BCUT2D eigenvalue weighted by Gasteiger charge is 2.31. The predicted octanol–water partition coefficient (Wildman–Crippen LogP) is 5.23. The van der Waals surface area contributed by atoms with Gasteiger partial charge < -0.3 is 9.84 Å². The molecule has 0 saturated carbocycles. The summed E-state index contributed by atoms with van der Waals surface area (Å²) in [5.41, 5.74) is 2.88. The zero-order chi connectivity index (χ0) is 28.1. The number of nitrogens with zero attached hydrogens (tertiary/aromatic N) is 4. The Labute approximate surface area is 233 Å². The molecule has 1 saturated heterocycles. The van der Waals surface area contributed by atoms with Crippen molar-refractivity contribution in [1.29, 1.82) is 10.8 Å². The van der Waals surface area contributed by atoms with E-state index in [0.717, 1.165) is 32.5 Å². The molecular formula is C31H32N6O3. The minimum Gasteiger partial charge on any atom is -0.508 e. The van der Waals surface area contributed by atoms with Crippen LogP contribution in [0.2, 0.25) is 0 Å². The predicted molar refractivity (Wildman–Crippen MR) is 155 cm³/mol. The first kappa shape index (κ1) is 26.8. The van der Waals surface area contributed by atoms with E-state index in [2.05, 4.69) is 29.2 Å². The van der Waals surface area contributed by atoms with Crippen LogP contribution in [-0.4, -0.2) is 56.6 Å². The Bertz CT molecular complexity index is 1510. The molecule has 9 heteroatoms. The molecule has 0 bridgehead atoms. The molecule has 0 atom stereocenters. The van der Waals surface area contributed by atoms with Crippen LogP contribution in [0.15, 0.2) is 91.1 Å². The third-order valence-corrected chi connectivity index (χ3v) is 6.93. The van der Waals surface area contributed by atoms with Crippen LogP contribution in [-0.2, 0) is 11.3 Å². The number of nitrogens with one attached hydrogen (secondary N) is 2. The summed E-state index contributed by atoms with van der Waals surface area (Å²) < 4.78 is 6.81. The highest BCUT2D eigenvalue weighted by Crippen LogP contribution is 2.27. The van der Waals surface area contributed by atoms with Crippen LogP contribution >= 0.6 is 0 Å². The largest absolute Gasteiger partial charge is 0.508 e. The van der Waals surface area contributed by atoms with Gasteiger partial charge >= 0.3 is 0 Å². The van der Waals surface area contributed by atoms with E-state index in [0.29, 0.717) is 22.6 Å². The van der Waals surface area contributed by atoms with Crippen molar-refractivity contribution in [2.24, 2.45) is 0 Å². The molecule has 0 spiro atoms. The Kier molecular flexibility index (Phi) is 8.02. The number of phenolic OH excluding ortho intramolecular Hbond substituents is 1. The molecule has 0 unspecified atom stereocenters. The number of aromatic hydroxyl groups is 1. The molecule has 3 N–H and O–H groups in total. The lowest BCUT2D eigenvalue weighted by Crippen LogP contribution is -2.47. The molecule has 40 heavy (non-hydrogen) atoms. The van der Waals surface area contributed by atoms with Crippen molar-refractivity contribution in [1.82, 2.24) is 14.7 Å². The highest BCUT2D eigenvalue weighted by molar-refractivity contribution is 6.06. The van der Waals surface area contributed by atoms with Gasteiger partial charge in [-0.3, -0.25) is 25.4 Å². The molecule has 1 aliphatic heterocycles. The lowest BCUT2D eigenvalue weighted by molar-refractivity contribution is 0.0957. The van der Waals surface area contributed by atoms with E-state index >= 15 is 0 Å². The van der Waals surface area contributed by atoms with Crippen LogP contribution in [0, 0.1) is 10.8 Å². The number of rotatable bonds is 7. The van der Waals surface area contributed by atoms with Gasteiger partial charge in [0, 0.05) is 56.0 Å². The maximum Gasteiger partial charge on any atom is 0.259 e. The summed E-state index contributed by atoms with van der Waals surface area (Å²) in [5, 5.41) is 30.4. The van der Waals surface area contributed by atoms with E-state index in [1.165, 1.54) is 18.6 Å². The quantitative estimate of drug-likeness (QED) is 0.221. The molecule has 5 rings (SSSR count). The fourth-order valence-electron chi connectivity index (χ4n) is 5.00. The fourth-order valence-corrected chi connectivity index (χ4v) is 5.00. The lowest BCUT2D eigenvalue weighted by Gasteiger charge is -2.37. The van der Waals surface area contributed by atoms with E-state index in [4.69, 9.17) is 20.7 Å². The van der Waals surface area contributed by atoms with E-state index in [1.807, 2.05) is 18.2 Å². The number of hydrogen-bond acceptors (Lipinski definition) is 7. The number of hydrogen-bond donors (Lipinski definition) is 3. The van der Waals surface area contributed by atoms with Gasteiger partial charge in [0.15, 0.2) is 11.7 Å². The molecule has 0 radical (unpaired) electrons. The number of ether oxygens (including phenoxy) is 1. The highest BCUT2D eigenvalue weighted by atomic mass is 16.5. The van der Waals surface area contributed by atoms with Gasteiger partial charge in [-0.05, 0) is 54.8 Å². The number of phenols is 1. The molecule has 9 nitrogen and oxygen atoms in total. The zero-order valence-electron chi connectivity index (χ0n) is 22.3. The molecular weight excluding hydrogens is 504 g/mol. The summed E-state index contributed by atoms with van der Waals surface area (Å²) in [6.45, 7) is 4.04. The van der Waals surface area contributed by atoms with Crippen LogP contribution in [0.4, 0.5) is 5.82 Å². The Morgan fingerprint density at radius 3 is 2.42 bits per heavy atom. The van der Waals surface area contributed by atoms with Crippen molar-refractivity contribution < 1.29 is 14.6 Å². The van der Waals surface area contributed by atoms with Crippen molar-refractivity contribution in [2.75, 3.05) is 18.0 Å². The number of benzene rings is 3. The molecule has 1 aromatic heterocycles. The third kappa shape index (κ3) is 6.27. The van der Waals surface area contributed by atoms with E-state index < -0.39 is 0 Å². The van der Waals surface area contributed by atoms with Gasteiger partial charge in [-0.2, -0.15) is 0 Å². The van der Waals surface area contributed by atoms with Crippen molar-refractivity contribution in [3.8, 4) is 11.4 Å². The van der Waals surface area contributed by atoms with Crippen LogP contribution in [0.3, 0.4) is 0 Å². The summed E-state index contributed by atoms with van der Waals surface area (Å²) in [4.78, 5) is 18.0. The molecule has 1 amide bonds. The summed E-state index contributed by atoms with van der Waals surface area (Å²) in [6, 6.07) is 25.7. The van der Waals surface area contributed by atoms with Gasteiger partial charge in [0.1, 0.15) is 5.75 Å². The Hall–Kier alpha value is -4.76. The number of aromatic nitrogens is 2. The van der Waals surface area contributed by atoms with Gasteiger partial charge in [-0.25, -0.2) is 4.68 Å². The number of amides is 1. The van der Waals surface area contributed by atoms with Crippen molar-refractivity contribution in [2.45, 2.75) is 32.4 Å². The molecule has 1 fully saturated rings. The second kappa shape index (κ2) is 12.0. The zero-order valence-corrected chi connectivity index (χ0v) is 22.3. The maximum atomic E-state index is 13.8. The second-order valence-electron chi connectivity index (χ2n) is 9.87. The fraction of sp³-hybridized carbons (Fsp3) is 0.226.